The Morgan fingerprint density at radius 2 is 2.38 bits per heavy atom. The molecule has 3 N–H and O–H groups in total. The number of aromatic nitrogens is 2. The maximum absolute atomic E-state index is 11.8. The van der Waals surface area contributed by atoms with Gasteiger partial charge in [-0.1, -0.05) is 6.42 Å². The Kier molecular flexibility index (Phi) is 4.32. The van der Waals surface area contributed by atoms with Gasteiger partial charge in [-0.3, -0.25) is 9.48 Å². The number of nitrogens with two attached hydrogens (primary N) is 1. The Balaban J connectivity index is 0.00000128. The first kappa shape index (κ1) is 13.0. The molecule has 1 aliphatic carbocycles. The zero-order valence-corrected chi connectivity index (χ0v) is 10.0. The van der Waals surface area contributed by atoms with Crippen molar-refractivity contribution >= 4 is 24.1 Å². The van der Waals surface area contributed by atoms with Crippen LogP contribution in [0.15, 0.2) is 12.3 Å². The molecule has 2 unspecified atom stereocenters. The van der Waals surface area contributed by atoms with Gasteiger partial charge >= 0.3 is 0 Å². The first-order chi connectivity index (χ1) is 7.18. The van der Waals surface area contributed by atoms with E-state index in [1.165, 1.54) is 0 Å². The van der Waals surface area contributed by atoms with E-state index in [2.05, 4.69) is 10.4 Å². The second-order valence-corrected chi connectivity index (χ2v) is 4.03. The van der Waals surface area contributed by atoms with E-state index in [1.54, 1.807) is 24.0 Å². The van der Waals surface area contributed by atoms with Crippen LogP contribution >= 0.6 is 12.4 Å². The number of nitrogens with zero attached hydrogens (tertiary/aromatic N) is 2. The lowest BCUT2D eigenvalue weighted by Gasteiger charge is -2.14. The molecule has 0 saturated heterocycles. The van der Waals surface area contributed by atoms with Gasteiger partial charge in [0.15, 0.2) is 0 Å². The molecule has 1 saturated carbocycles. The van der Waals surface area contributed by atoms with Crippen LogP contribution in [-0.4, -0.2) is 21.7 Å². The van der Waals surface area contributed by atoms with Crippen molar-refractivity contribution in [3.8, 4) is 0 Å². The smallest absolute Gasteiger partial charge is 0.230 e. The molecule has 1 aromatic rings. The monoisotopic (exact) mass is 244 g/mol. The highest BCUT2D eigenvalue weighted by Gasteiger charge is 2.30. The molecule has 0 bridgehead atoms. The fraction of sp³-hybridized carbons (Fsp3) is 0.600. The van der Waals surface area contributed by atoms with Crippen molar-refractivity contribution in [2.75, 3.05) is 5.32 Å². The van der Waals surface area contributed by atoms with Crippen molar-refractivity contribution in [3.05, 3.63) is 12.3 Å². The summed E-state index contributed by atoms with van der Waals surface area (Å²) in [6.07, 6.45) is 4.54. The van der Waals surface area contributed by atoms with Crippen LogP contribution in [-0.2, 0) is 11.8 Å². The van der Waals surface area contributed by atoms with Gasteiger partial charge in [-0.05, 0) is 12.8 Å². The minimum atomic E-state index is -0.0418. The highest BCUT2D eigenvalue weighted by Crippen LogP contribution is 2.25. The lowest BCUT2D eigenvalue weighted by Crippen LogP contribution is -2.34. The molecule has 0 aliphatic heterocycles. The fourth-order valence-electron chi connectivity index (χ4n) is 2.03. The molecular weight excluding hydrogens is 228 g/mol. The summed E-state index contributed by atoms with van der Waals surface area (Å²) in [7, 11) is 1.80. The van der Waals surface area contributed by atoms with Crippen LogP contribution in [0, 0.1) is 5.92 Å². The minimum Gasteiger partial charge on any atom is -0.327 e. The number of carbonyl (C=O) groups is 1. The van der Waals surface area contributed by atoms with Gasteiger partial charge in [0.25, 0.3) is 0 Å². The molecule has 0 aromatic carbocycles. The van der Waals surface area contributed by atoms with Crippen molar-refractivity contribution in [1.82, 2.24) is 9.78 Å². The summed E-state index contributed by atoms with van der Waals surface area (Å²) in [5.74, 6) is 0.697. The van der Waals surface area contributed by atoms with Crippen molar-refractivity contribution in [2.24, 2.45) is 18.7 Å². The van der Waals surface area contributed by atoms with E-state index in [1.807, 2.05) is 0 Å². The second kappa shape index (κ2) is 5.32. The van der Waals surface area contributed by atoms with Gasteiger partial charge in [-0.2, -0.15) is 5.10 Å². The van der Waals surface area contributed by atoms with E-state index in [0.29, 0.717) is 0 Å². The van der Waals surface area contributed by atoms with Crippen LogP contribution in [0.2, 0.25) is 0 Å². The third kappa shape index (κ3) is 2.54. The number of nitrogens with one attached hydrogen (secondary N) is 1. The average molecular weight is 245 g/mol. The Morgan fingerprint density at radius 3 is 2.88 bits per heavy atom. The third-order valence-electron chi connectivity index (χ3n) is 2.98. The summed E-state index contributed by atoms with van der Waals surface area (Å²) in [5.41, 5.74) is 5.86. The summed E-state index contributed by atoms with van der Waals surface area (Å²) < 4.78 is 1.64. The van der Waals surface area contributed by atoms with Crippen molar-refractivity contribution in [2.45, 2.75) is 25.3 Å². The first-order valence-corrected chi connectivity index (χ1v) is 5.23. The van der Waals surface area contributed by atoms with Gasteiger partial charge in [-0.25, -0.2) is 0 Å². The summed E-state index contributed by atoms with van der Waals surface area (Å²) in [4.78, 5) is 11.8. The molecule has 0 spiro atoms. The lowest BCUT2D eigenvalue weighted by molar-refractivity contribution is -0.120. The fourth-order valence-corrected chi connectivity index (χ4v) is 2.03. The maximum Gasteiger partial charge on any atom is 0.230 e. The Morgan fingerprint density at radius 1 is 1.62 bits per heavy atom. The summed E-state index contributed by atoms with van der Waals surface area (Å²) >= 11 is 0. The highest BCUT2D eigenvalue weighted by molar-refractivity contribution is 5.92. The Hall–Kier alpha value is -1.07. The lowest BCUT2D eigenvalue weighted by atomic mass is 10.0. The molecule has 1 heterocycles. The number of hydrogen-bond donors (Lipinski definition) is 2. The first-order valence-electron chi connectivity index (χ1n) is 5.23. The zero-order valence-electron chi connectivity index (χ0n) is 9.22. The number of aryl methyl sites for hydroxylation is 1. The van der Waals surface area contributed by atoms with Gasteiger partial charge in [0.05, 0.1) is 12.1 Å². The van der Waals surface area contributed by atoms with Crippen LogP contribution in [0.3, 0.4) is 0 Å². The quantitative estimate of drug-likeness (QED) is 0.812. The number of carbonyl (C=O) groups excluding carboxylic acids is 1. The topological polar surface area (TPSA) is 72.9 Å². The van der Waals surface area contributed by atoms with Gasteiger partial charge in [0.1, 0.15) is 5.82 Å². The van der Waals surface area contributed by atoms with Gasteiger partial charge in [0, 0.05) is 19.2 Å². The second-order valence-electron chi connectivity index (χ2n) is 4.03. The molecular formula is C10H17ClN4O. The van der Waals surface area contributed by atoms with E-state index >= 15 is 0 Å². The van der Waals surface area contributed by atoms with E-state index < -0.39 is 0 Å². The van der Waals surface area contributed by atoms with Crippen LogP contribution in [0.25, 0.3) is 0 Å². The Bertz CT molecular complexity index is 365. The molecule has 1 fully saturated rings. The molecule has 1 aliphatic rings. The predicted molar refractivity (Wildman–Crippen MR) is 64.4 cm³/mol. The molecule has 2 atom stereocenters. The summed E-state index contributed by atoms with van der Waals surface area (Å²) in [5, 5.41) is 6.83. The minimum absolute atomic E-state index is 0. The average Bonchev–Trinajstić information content (AvgIpc) is 2.76. The Labute approximate surface area is 101 Å². The molecule has 0 radical (unpaired) electrons. The van der Waals surface area contributed by atoms with E-state index in [9.17, 15) is 4.79 Å². The largest absolute Gasteiger partial charge is 0.327 e. The SMILES string of the molecule is Cl.Cn1nccc1NC(=O)C1CCCC1N. The van der Waals surface area contributed by atoms with Gasteiger partial charge in [-0.15, -0.1) is 12.4 Å². The number of halogens is 1. The van der Waals surface area contributed by atoms with Crippen LogP contribution in [0.4, 0.5) is 5.82 Å². The molecule has 16 heavy (non-hydrogen) atoms. The third-order valence-corrected chi connectivity index (χ3v) is 2.98. The molecule has 2 rings (SSSR count). The van der Waals surface area contributed by atoms with Crippen LogP contribution in [0.1, 0.15) is 19.3 Å². The number of hydrogen-bond acceptors (Lipinski definition) is 3. The molecule has 6 heteroatoms. The van der Waals surface area contributed by atoms with Crippen LogP contribution < -0.4 is 11.1 Å². The highest BCUT2D eigenvalue weighted by atomic mass is 35.5. The van der Waals surface area contributed by atoms with E-state index in [-0.39, 0.29) is 30.3 Å². The number of rotatable bonds is 2. The van der Waals surface area contributed by atoms with E-state index in [0.717, 1.165) is 25.1 Å². The molecule has 5 nitrogen and oxygen atoms in total. The summed E-state index contributed by atoms with van der Waals surface area (Å²) in [6.45, 7) is 0. The zero-order chi connectivity index (χ0) is 10.8. The van der Waals surface area contributed by atoms with Gasteiger partial charge in [0.2, 0.25) is 5.91 Å². The van der Waals surface area contributed by atoms with Gasteiger partial charge < -0.3 is 11.1 Å². The van der Waals surface area contributed by atoms with Crippen molar-refractivity contribution in [1.29, 1.82) is 0 Å². The maximum atomic E-state index is 11.8. The van der Waals surface area contributed by atoms with Crippen molar-refractivity contribution in [3.63, 3.8) is 0 Å². The van der Waals surface area contributed by atoms with E-state index in [4.69, 9.17) is 5.73 Å². The van der Waals surface area contributed by atoms with Crippen molar-refractivity contribution < 1.29 is 4.79 Å². The molecule has 90 valence electrons. The standard InChI is InChI=1S/C10H16N4O.ClH/c1-14-9(5-6-12-14)13-10(15)7-3-2-4-8(7)11;/h5-8H,2-4,11H2,1H3,(H,13,15);1H. The normalized spacial score (nSPS) is 23.9. The number of amides is 1. The number of anilines is 1. The predicted octanol–water partition coefficient (Wildman–Crippen LogP) is 0.908. The molecule has 1 amide bonds. The molecule has 1 aromatic heterocycles. The summed E-state index contributed by atoms with van der Waals surface area (Å²) in [6, 6.07) is 1.79. The van der Waals surface area contributed by atoms with Crippen LogP contribution in [0.5, 0.6) is 0 Å².